The van der Waals surface area contributed by atoms with E-state index in [9.17, 15) is 20.4 Å². The monoisotopic (exact) mass is 422 g/mol. The molecule has 2 aromatic rings. The van der Waals surface area contributed by atoms with Crippen molar-refractivity contribution in [3.8, 4) is 45.8 Å². The van der Waals surface area contributed by atoms with Crippen LogP contribution in [0.2, 0.25) is 51.4 Å². The fourth-order valence-corrected chi connectivity index (χ4v) is 6.47. The molecule has 0 aromatic carbocycles. The van der Waals surface area contributed by atoms with Crippen LogP contribution in [0.25, 0.3) is 22.3 Å². The van der Waals surface area contributed by atoms with Gasteiger partial charge in [-0.05, 0) is 12.8 Å². The van der Waals surface area contributed by atoms with Crippen molar-refractivity contribution in [1.82, 2.24) is 9.13 Å². The molecule has 28 heavy (non-hydrogen) atoms. The summed E-state index contributed by atoms with van der Waals surface area (Å²) in [6, 6.07) is 2.20. The number of aromatic nitrogens is 2. The van der Waals surface area contributed by atoms with Gasteiger partial charge in [-0.3, -0.25) is 9.13 Å². The van der Waals surface area contributed by atoms with Crippen LogP contribution in [0.5, 0.6) is 23.5 Å². The molecule has 1 aliphatic rings. The highest BCUT2D eigenvalue weighted by Gasteiger charge is 2.42. The topological polar surface area (TPSA) is 90.8 Å². The van der Waals surface area contributed by atoms with Crippen LogP contribution < -0.4 is 0 Å². The van der Waals surface area contributed by atoms with E-state index in [-0.39, 0.29) is 23.5 Å². The van der Waals surface area contributed by atoms with Crippen molar-refractivity contribution in [2.45, 2.75) is 77.3 Å². The van der Waals surface area contributed by atoms with Crippen molar-refractivity contribution in [2.24, 2.45) is 0 Å². The molecule has 0 aliphatic heterocycles. The van der Waals surface area contributed by atoms with E-state index in [0.717, 1.165) is 24.9 Å². The number of rotatable bonds is 8. The van der Waals surface area contributed by atoms with Gasteiger partial charge in [-0.15, -0.1) is 0 Å². The Kier molecular flexibility index (Phi) is 5.16. The van der Waals surface area contributed by atoms with E-state index in [2.05, 4.69) is 39.3 Å². The zero-order valence-corrected chi connectivity index (χ0v) is 19.9. The van der Waals surface area contributed by atoms with Crippen LogP contribution in [-0.4, -0.2) is 45.7 Å². The number of hydrogen-bond acceptors (Lipinski definition) is 4. The van der Waals surface area contributed by atoms with E-state index in [1.165, 1.54) is 9.13 Å². The van der Waals surface area contributed by atoms with Crippen LogP contribution in [0.15, 0.2) is 0 Å². The van der Waals surface area contributed by atoms with E-state index in [1.807, 2.05) is 0 Å². The Morgan fingerprint density at radius 1 is 0.536 bits per heavy atom. The fraction of sp³-hybridized carbons (Fsp3) is 0.600. The molecular weight excluding hydrogens is 388 g/mol. The summed E-state index contributed by atoms with van der Waals surface area (Å²) in [7, 11) is -2.39. The first-order valence-corrected chi connectivity index (χ1v) is 17.5. The lowest BCUT2D eigenvalue weighted by Crippen LogP contribution is -2.19. The summed E-state index contributed by atoms with van der Waals surface area (Å²) in [5, 5.41) is 42.6. The van der Waals surface area contributed by atoms with Crippen LogP contribution in [0, 0.1) is 0 Å². The SMILES string of the molecule is C[Si](C)(C)CCCn1c(O)c2c(c1O)-c1c-2c(O)n(CCC[Si](C)(C)C)c1O. The highest BCUT2D eigenvalue weighted by molar-refractivity contribution is 6.76. The Bertz CT molecular complexity index is 762. The summed E-state index contributed by atoms with van der Waals surface area (Å²) in [5.74, 6) is -0.0921. The van der Waals surface area contributed by atoms with E-state index < -0.39 is 16.1 Å². The molecule has 0 atom stereocenters. The number of nitrogens with zero attached hydrogens (tertiary/aromatic N) is 2. The lowest BCUT2D eigenvalue weighted by molar-refractivity contribution is 0.362. The first kappa shape index (κ1) is 20.9. The van der Waals surface area contributed by atoms with Gasteiger partial charge >= 0.3 is 0 Å². The van der Waals surface area contributed by atoms with Gasteiger partial charge in [-0.25, -0.2) is 0 Å². The Morgan fingerprint density at radius 3 is 1.00 bits per heavy atom. The van der Waals surface area contributed by atoms with Crippen LogP contribution in [0.3, 0.4) is 0 Å². The van der Waals surface area contributed by atoms with Crippen molar-refractivity contribution in [1.29, 1.82) is 0 Å². The molecule has 4 N–H and O–H groups in total. The van der Waals surface area contributed by atoms with Gasteiger partial charge in [-0.1, -0.05) is 51.4 Å². The molecule has 2 heterocycles. The second kappa shape index (κ2) is 6.91. The fourth-order valence-electron chi connectivity index (χ4n) is 4.03. The molecule has 0 unspecified atom stereocenters. The van der Waals surface area contributed by atoms with Gasteiger partial charge in [0.25, 0.3) is 0 Å². The van der Waals surface area contributed by atoms with Crippen molar-refractivity contribution in [3.63, 3.8) is 0 Å². The second-order valence-electron chi connectivity index (χ2n) is 10.4. The molecule has 0 saturated carbocycles. The molecule has 6 nitrogen and oxygen atoms in total. The third kappa shape index (κ3) is 3.59. The summed E-state index contributed by atoms with van der Waals surface area (Å²) < 4.78 is 3.00. The minimum Gasteiger partial charge on any atom is -0.494 e. The van der Waals surface area contributed by atoms with E-state index in [1.54, 1.807) is 0 Å². The number of hydrogen-bond donors (Lipinski definition) is 4. The maximum atomic E-state index is 10.7. The first-order chi connectivity index (χ1) is 12.8. The predicted octanol–water partition coefficient (Wildman–Crippen LogP) is 5.22. The molecule has 156 valence electrons. The lowest BCUT2D eigenvalue weighted by Gasteiger charge is -2.16. The van der Waals surface area contributed by atoms with Gasteiger partial charge in [0.1, 0.15) is 0 Å². The molecule has 1 aliphatic carbocycles. The molecule has 2 aromatic heterocycles. The maximum Gasteiger partial charge on any atom is 0.202 e. The average molecular weight is 423 g/mol. The normalized spacial score (nSPS) is 13.4. The van der Waals surface area contributed by atoms with Gasteiger partial charge in [0.15, 0.2) is 0 Å². The minimum atomic E-state index is -1.20. The predicted molar refractivity (Wildman–Crippen MR) is 119 cm³/mol. The lowest BCUT2D eigenvalue weighted by atomic mass is 9.86. The molecule has 0 saturated heterocycles. The van der Waals surface area contributed by atoms with E-state index >= 15 is 0 Å². The third-order valence-electron chi connectivity index (χ3n) is 5.53. The standard InChI is InChI=1S/C20H34N2O4Si2/c1-27(2,3)11-7-9-21-17(23)13-14(18(21)24)16-15(13)19(25)22(20(16)26)10-8-12-28(4,5)6/h23-26H,7-12H2,1-6H3. The summed E-state index contributed by atoms with van der Waals surface area (Å²) in [6.45, 7) is 14.8. The van der Waals surface area contributed by atoms with Crippen molar-refractivity contribution >= 4 is 16.1 Å². The summed E-state index contributed by atoms with van der Waals surface area (Å²) >= 11 is 0. The Morgan fingerprint density at radius 2 is 0.786 bits per heavy atom. The third-order valence-corrected chi connectivity index (χ3v) is 9.24. The number of fused-ring (bicyclic) bond motifs is 4. The minimum absolute atomic E-state index is 0.0230. The Hall–Kier alpha value is -1.81. The Labute approximate surface area is 169 Å². The zero-order chi connectivity index (χ0) is 21.0. The van der Waals surface area contributed by atoms with Crippen molar-refractivity contribution in [2.75, 3.05) is 0 Å². The second-order valence-corrected chi connectivity index (χ2v) is 21.7. The van der Waals surface area contributed by atoms with Gasteiger partial charge in [0.05, 0.1) is 22.3 Å². The molecule has 0 fully saturated rings. The van der Waals surface area contributed by atoms with Gasteiger partial charge < -0.3 is 20.4 Å². The molecule has 0 radical (unpaired) electrons. The summed E-state index contributed by atoms with van der Waals surface area (Å²) in [5.41, 5.74) is 1.82. The van der Waals surface area contributed by atoms with Crippen LogP contribution >= 0.6 is 0 Å². The quantitative estimate of drug-likeness (QED) is 0.375. The Balaban J connectivity index is 1.84. The van der Waals surface area contributed by atoms with Crippen molar-refractivity contribution < 1.29 is 20.4 Å². The maximum absolute atomic E-state index is 10.7. The molecule has 3 rings (SSSR count). The highest BCUT2D eigenvalue weighted by atomic mass is 28.3. The summed E-state index contributed by atoms with van der Waals surface area (Å²) in [4.78, 5) is 0. The molecule has 0 bridgehead atoms. The van der Waals surface area contributed by atoms with Gasteiger partial charge in [0, 0.05) is 29.2 Å². The van der Waals surface area contributed by atoms with Crippen LogP contribution in [0.1, 0.15) is 12.8 Å². The zero-order valence-electron chi connectivity index (χ0n) is 17.9. The van der Waals surface area contributed by atoms with Gasteiger partial charge in [-0.2, -0.15) is 0 Å². The number of aromatic hydroxyl groups is 4. The first-order valence-electron chi connectivity index (χ1n) is 10.1. The molecule has 8 heteroatoms. The van der Waals surface area contributed by atoms with E-state index in [4.69, 9.17) is 0 Å². The van der Waals surface area contributed by atoms with Crippen LogP contribution in [0.4, 0.5) is 0 Å². The summed E-state index contributed by atoms with van der Waals surface area (Å²) in [6.07, 6.45) is 1.76. The average Bonchev–Trinajstić information content (AvgIpc) is 2.81. The highest BCUT2D eigenvalue weighted by Crippen LogP contribution is 2.65. The molecule has 0 amide bonds. The van der Waals surface area contributed by atoms with Crippen molar-refractivity contribution in [3.05, 3.63) is 0 Å². The largest absolute Gasteiger partial charge is 0.494 e. The molecular formula is C20H34N2O4Si2. The molecule has 0 spiro atoms. The van der Waals surface area contributed by atoms with Crippen LogP contribution in [-0.2, 0) is 13.1 Å². The smallest absolute Gasteiger partial charge is 0.202 e. The van der Waals surface area contributed by atoms with Gasteiger partial charge in [0.2, 0.25) is 23.5 Å². The van der Waals surface area contributed by atoms with E-state index in [0.29, 0.717) is 35.3 Å².